The quantitative estimate of drug-likeness (QED) is 0.266. The standard InChI is InChI=1S/C25H20N6O4S3/c1-2-35-17-12-13-18-20(14-17)37-23(26-18)27-22(32)15-36-25-29-28-24-30(16-8-4-3-5-9-16)19-10-6-7-11-21(19)38(33,34)31(24)25/h3-14H,2,15H2,1H3,(H,26,27,32). The lowest BCUT2D eigenvalue weighted by Crippen LogP contribution is -2.28. The van der Waals surface area contributed by atoms with Gasteiger partial charge in [-0.3, -0.25) is 9.69 Å². The maximum atomic E-state index is 13.6. The molecule has 13 heteroatoms. The van der Waals surface area contributed by atoms with Crippen molar-refractivity contribution in [3.8, 4) is 5.75 Å². The number of anilines is 4. The Bertz CT molecular complexity index is 1770. The van der Waals surface area contributed by atoms with Crippen LogP contribution in [-0.4, -0.2) is 45.8 Å². The summed E-state index contributed by atoms with van der Waals surface area (Å²) in [5, 5.41) is 11.7. The zero-order chi connectivity index (χ0) is 26.3. The average molecular weight is 565 g/mol. The monoisotopic (exact) mass is 564 g/mol. The lowest BCUT2D eigenvalue weighted by Gasteiger charge is -2.30. The maximum absolute atomic E-state index is 13.6. The molecule has 5 aromatic rings. The number of thioether (sulfide) groups is 1. The Balaban J connectivity index is 1.26. The molecule has 0 bridgehead atoms. The first-order valence-corrected chi connectivity index (χ1v) is 14.8. The van der Waals surface area contributed by atoms with E-state index in [9.17, 15) is 13.2 Å². The van der Waals surface area contributed by atoms with Crippen molar-refractivity contribution in [3.05, 3.63) is 72.8 Å². The Morgan fingerprint density at radius 3 is 2.66 bits per heavy atom. The number of carbonyl (C=O) groups excluding carboxylic acids is 1. The predicted octanol–water partition coefficient (Wildman–Crippen LogP) is 5.04. The summed E-state index contributed by atoms with van der Waals surface area (Å²) >= 11 is 2.32. The third kappa shape index (κ3) is 4.27. The van der Waals surface area contributed by atoms with Crippen molar-refractivity contribution < 1.29 is 17.9 Å². The summed E-state index contributed by atoms with van der Waals surface area (Å²) in [6.45, 7) is 2.47. The molecule has 2 aromatic heterocycles. The van der Waals surface area contributed by atoms with E-state index in [1.807, 2.05) is 55.5 Å². The van der Waals surface area contributed by atoms with E-state index in [4.69, 9.17) is 4.74 Å². The minimum Gasteiger partial charge on any atom is -0.494 e. The highest BCUT2D eigenvalue weighted by molar-refractivity contribution is 8.00. The molecule has 1 amide bonds. The summed E-state index contributed by atoms with van der Waals surface area (Å²) in [7, 11) is -3.99. The van der Waals surface area contributed by atoms with Gasteiger partial charge in [0.1, 0.15) is 10.6 Å². The zero-order valence-electron chi connectivity index (χ0n) is 19.9. The molecular formula is C25H20N6O4S3. The number of para-hydroxylation sites is 2. The van der Waals surface area contributed by atoms with E-state index in [2.05, 4.69) is 20.5 Å². The van der Waals surface area contributed by atoms with Crippen LogP contribution in [0.15, 0.2) is 82.8 Å². The van der Waals surface area contributed by atoms with Gasteiger partial charge in [0.25, 0.3) is 16.0 Å². The van der Waals surface area contributed by atoms with Crippen LogP contribution in [0.25, 0.3) is 10.2 Å². The average Bonchev–Trinajstić information content (AvgIpc) is 3.52. The summed E-state index contributed by atoms with van der Waals surface area (Å²) in [6.07, 6.45) is 0. The fraction of sp³-hybridized carbons (Fsp3) is 0.120. The molecule has 192 valence electrons. The van der Waals surface area contributed by atoms with E-state index in [1.165, 1.54) is 11.3 Å². The third-order valence-electron chi connectivity index (χ3n) is 5.67. The predicted molar refractivity (Wildman–Crippen MR) is 147 cm³/mol. The molecular weight excluding hydrogens is 545 g/mol. The first-order chi connectivity index (χ1) is 18.5. The molecule has 1 aliphatic heterocycles. The topological polar surface area (TPSA) is 119 Å². The first-order valence-electron chi connectivity index (χ1n) is 11.6. The Morgan fingerprint density at radius 1 is 1.05 bits per heavy atom. The number of rotatable bonds is 7. The number of nitrogens with zero attached hydrogens (tertiary/aromatic N) is 5. The molecule has 0 unspecified atom stereocenters. The van der Waals surface area contributed by atoms with Crippen LogP contribution in [0.3, 0.4) is 0 Å². The van der Waals surface area contributed by atoms with Gasteiger partial charge < -0.3 is 10.1 Å². The van der Waals surface area contributed by atoms with Crippen LogP contribution < -0.4 is 15.0 Å². The van der Waals surface area contributed by atoms with Crippen LogP contribution in [0, 0.1) is 0 Å². The van der Waals surface area contributed by atoms with E-state index in [-0.39, 0.29) is 27.7 Å². The highest BCUT2D eigenvalue weighted by Gasteiger charge is 2.38. The van der Waals surface area contributed by atoms with Crippen molar-refractivity contribution in [1.29, 1.82) is 0 Å². The van der Waals surface area contributed by atoms with Gasteiger partial charge in [0.2, 0.25) is 11.1 Å². The van der Waals surface area contributed by atoms with Crippen molar-refractivity contribution in [1.82, 2.24) is 19.2 Å². The number of thiazole rings is 1. The van der Waals surface area contributed by atoms with E-state index in [0.717, 1.165) is 37.4 Å². The van der Waals surface area contributed by atoms with Gasteiger partial charge in [-0.1, -0.05) is 53.4 Å². The molecule has 3 heterocycles. The van der Waals surface area contributed by atoms with Crippen LogP contribution in [0.2, 0.25) is 0 Å². The summed E-state index contributed by atoms with van der Waals surface area (Å²) < 4.78 is 34.7. The van der Waals surface area contributed by atoms with Gasteiger partial charge in [0, 0.05) is 5.69 Å². The van der Waals surface area contributed by atoms with E-state index < -0.39 is 10.0 Å². The van der Waals surface area contributed by atoms with Gasteiger partial charge >= 0.3 is 0 Å². The van der Waals surface area contributed by atoms with E-state index >= 15 is 0 Å². The fourth-order valence-electron chi connectivity index (χ4n) is 4.09. The second-order valence-electron chi connectivity index (χ2n) is 8.11. The number of hydrogen-bond donors (Lipinski definition) is 1. The molecule has 0 saturated heterocycles. The van der Waals surface area contributed by atoms with Crippen LogP contribution in [-0.2, 0) is 14.8 Å². The Hall–Kier alpha value is -3.94. The van der Waals surface area contributed by atoms with Crippen LogP contribution in [0.5, 0.6) is 5.75 Å². The van der Waals surface area contributed by atoms with Gasteiger partial charge in [0.15, 0.2) is 5.13 Å². The molecule has 3 aromatic carbocycles. The number of carbonyl (C=O) groups is 1. The first kappa shape index (κ1) is 24.4. The summed E-state index contributed by atoms with van der Waals surface area (Å²) in [5.41, 5.74) is 1.97. The largest absolute Gasteiger partial charge is 0.494 e. The molecule has 1 aliphatic rings. The molecule has 0 fully saturated rings. The molecule has 38 heavy (non-hydrogen) atoms. The fourth-order valence-corrected chi connectivity index (χ4v) is 7.52. The van der Waals surface area contributed by atoms with Crippen molar-refractivity contribution in [2.75, 3.05) is 22.6 Å². The number of hydrogen-bond acceptors (Lipinski definition) is 10. The van der Waals surface area contributed by atoms with Gasteiger partial charge in [0.05, 0.1) is 28.3 Å². The molecule has 0 aliphatic carbocycles. The SMILES string of the molecule is CCOc1ccc2nc(NC(=O)CSc3nnc4n3S(=O)(=O)c3ccccc3N4c3ccccc3)sc2c1. The molecule has 0 atom stereocenters. The molecule has 0 saturated carbocycles. The number of amides is 1. The van der Waals surface area contributed by atoms with Crippen LogP contribution in [0.1, 0.15) is 6.92 Å². The number of aromatic nitrogens is 4. The van der Waals surface area contributed by atoms with Crippen molar-refractivity contribution in [3.63, 3.8) is 0 Å². The highest BCUT2D eigenvalue weighted by Crippen LogP contribution is 2.44. The second-order valence-corrected chi connectivity index (χ2v) is 11.8. The molecule has 1 N–H and O–H groups in total. The summed E-state index contributed by atoms with van der Waals surface area (Å²) in [6, 6.07) is 21.6. The van der Waals surface area contributed by atoms with Crippen molar-refractivity contribution >= 4 is 71.7 Å². The summed E-state index contributed by atoms with van der Waals surface area (Å²) in [5.74, 6) is 0.445. The third-order valence-corrected chi connectivity index (χ3v) is 9.36. The zero-order valence-corrected chi connectivity index (χ0v) is 22.4. The smallest absolute Gasteiger partial charge is 0.274 e. The Kier molecular flexibility index (Phi) is 6.26. The Morgan fingerprint density at radius 2 is 1.84 bits per heavy atom. The highest BCUT2D eigenvalue weighted by atomic mass is 32.2. The van der Waals surface area contributed by atoms with E-state index in [0.29, 0.717) is 17.4 Å². The van der Waals surface area contributed by atoms with Crippen molar-refractivity contribution in [2.24, 2.45) is 0 Å². The molecule has 10 nitrogen and oxygen atoms in total. The van der Waals surface area contributed by atoms with Crippen molar-refractivity contribution in [2.45, 2.75) is 17.0 Å². The number of benzene rings is 3. The number of ether oxygens (including phenoxy) is 1. The van der Waals surface area contributed by atoms with Crippen LogP contribution >= 0.6 is 23.1 Å². The minimum atomic E-state index is -3.99. The molecule has 0 spiro atoms. The maximum Gasteiger partial charge on any atom is 0.274 e. The van der Waals surface area contributed by atoms with E-state index in [1.54, 1.807) is 29.2 Å². The number of fused-ring (bicyclic) bond motifs is 3. The van der Waals surface area contributed by atoms with Gasteiger partial charge in [-0.25, -0.2) is 13.4 Å². The van der Waals surface area contributed by atoms with Crippen LogP contribution in [0.4, 0.5) is 22.5 Å². The van der Waals surface area contributed by atoms with Gasteiger partial charge in [-0.15, -0.1) is 10.2 Å². The Labute approximate surface area is 226 Å². The van der Waals surface area contributed by atoms with Gasteiger partial charge in [-0.2, -0.15) is 3.97 Å². The van der Waals surface area contributed by atoms with Gasteiger partial charge in [-0.05, 0) is 49.4 Å². The molecule has 0 radical (unpaired) electrons. The normalized spacial score (nSPS) is 13.7. The molecule has 6 rings (SSSR count). The minimum absolute atomic E-state index is 0.0826. The summed E-state index contributed by atoms with van der Waals surface area (Å²) in [4.78, 5) is 19.1. The lowest BCUT2D eigenvalue weighted by molar-refractivity contribution is -0.113. The number of nitrogens with one attached hydrogen (secondary N) is 1. The second kappa shape index (κ2) is 9.74. The lowest BCUT2D eigenvalue weighted by atomic mass is 10.2.